The number of ether oxygens (including phenoxy) is 3. The second kappa shape index (κ2) is 11.5. The van der Waals surface area contributed by atoms with Gasteiger partial charge in [0.05, 0.1) is 48.3 Å². The van der Waals surface area contributed by atoms with Crippen LogP contribution in [0.15, 0.2) is 36.5 Å². The molecule has 1 aliphatic rings. The van der Waals surface area contributed by atoms with Crippen molar-refractivity contribution in [2.24, 2.45) is 0 Å². The van der Waals surface area contributed by atoms with Crippen LogP contribution in [0.25, 0.3) is 10.9 Å². The molecule has 3 aromatic rings. The van der Waals surface area contributed by atoms with Crippen molar-refractivity contribution in [3.05, 3.63) is 47.1 Å². The first kappa shape index (κ1) is 24.9. The van der Waals surface area contributed by atoms with Crippen molar-refractivity contribution in [3.8, 4) is 23.3 Å². The number of halogens is 1. The van der Waals surface area contributed by atoms with E-state index in [1.165, 1.54) is 0 Å². The summed E-state index contributed by atoms with van der Waals surface area (Å²) in [7, 11) is 5.35. The zero-order chi connectivity index (χ0) is 24.8. The van der Waals surface area contributed by atoms with Crippen LogP contribution in [0.5, 0.6) is 17.2 Å². The summed E-state index contributed by atoms with van der Waals surface area (Å²) in [6, 6.07) is 11.2. The Hall–Kier alpha value is -3.25. The maximum absolute atomic E-state index is 9.72. The van der Waals surface area contributed by atoms with E-state index < -0.39 is 0 Å². The number of aromatic nitrogens is 1. The Morgan fingerprint density at radius 2 is 1.89 bits per heavy atom. The van der Waals surface area contributed by atoms with Gasteiger partial charge in [-0.05, 0) is 31.7 Å². The quantitative estimate of drug-likeness (QED) is 0.433. The van der Waals surface area contributed by atoms with Gasteiger partial charge in [-0.2, -0.15) is 5.26 Å². The highest BCUT2D eigenvalue weighted by Crippen LogP contribution is 2.38. The van der Waals surface area contributed by atoms with E-state index in [0.29, 0.717) is 51.3 Å². The maximum Gasteiger partial charge on any atom is 0.163 e. The molecule has 0 bridgehead atoms. The Bertz CT molecular complexity index is 1220. The molecule has 0 saturated carbocycles. The number of methoxy groups -OCH3 is 2. The number of piperazine rings is 1. The fourth-order valence-corrected chi connectivity index (χ4v) is 4.26. The minimum absolute atomic E-state index is 0.388. The van der Waals surface area contributed by atoms with Crippen LogP contribution in [-0.4, -0.2) is 75.4 Å². The van der Waals surface area contributed by atoms with Crippen LogP contribution in [0.1, 0.15) is 12.0 Å². The van der Waals surface area contributed by atoms with Gasteiger partial charge in [0.25, 0.3) is 0 Å². The number of rotatable bonds is 9. The van der Waals surface area contributed by atoms with Crippen molar-refractivity contribution < 1.29 is 14.2 Å². The van der Waals surface area contributed by atoms with Crippen LogP contribution in [0.4, 0.5) is 11.4 Å². The van der Waals surface area contributed by atoms with E-state index in [1.54, 1.807) is 38.6 Å². The van der Waals surface area contributed by atoms with Gasteiger partial charge in [0.15, 0.2) is 11.5 Å². The van der Waals surface area contributed by atoms with Crippen LogP contribution >= 0.6 is 11.6 Å². The number of hydrogen-bond acceptors (Lipinski definition) is 8. The van der Waals surface area contributed by atoms with E-state index in [-0.39, 0.29) is 0 Å². The number of pyridine rings is 1. The number of nitrogens with zero attached hydrogens (tertiary/aromatic N) is 4. The number of hydrogen-bond donors (Lipinski definition) is 1. The van der Waals surface area contributed by atoms with Crippen molar-refractivity contribution in [1.82, 2.24) is 14.8 Å². The summed E-state index contributed by atoms with van der Waals surface area (Å²) in [6.07, 6.45) is 2.47. The van der Waals surface area contributed by atoms with Gasteiger partial charge in [0.2, 0.25) is 0 Å². The lowest BCUT2D eigenvalue weighted by Crippen LogP contribution is -2.44. The van der Waals surface area contributed by atoms with Crippen molar-refractivity contribution in [2.75, 3.05) is 65.9 Å². The number of fused-ring (bicyclic) bond motifs is 1. The van der Waals surface area contributed by atoms with Crippen LogP contribution < -0.4 is 19.5 Å². The third-order valence-electron chi connectivity index (χ3n) is 6.18. The van der Waals surface area contributed by atoms with E-state index in [2.05, 4.69) is 33.2 Å². The van der Waals surface area contributed by atoms with E-state index >= 15 is 0 Å². The molecule has 0 amide bonds. The number of benzene rings is 2. The molecule has 0 aliphatic carbocycles. The Labute approximate surface area is 211 Å². The first-order valence-electron chi connectivity index (χ1n) is 11.6. The second-order valence-electron chi connectivity index (χ2n) is 8.50. The molecule has 9 heteroatoms. The molecule has 2 aromatic carbocycles. The standard InChI is InChI=1S/C26H30ClN5O3/c1-31-8-10-32(11-9-31)7-4-12-35-25-15-22-20(14-24(25)34-3)26(18(16-28)17-29-22)30-23-13-19(33-2)5-6-21(23)27/h5-6,13-15,17H,4,7-12H2,1-3H3,(H,29,30). The molecule has 35 heavy (non-hydrogen) atoms. The zero-order valence-electron chi connectivity index (χ0n) is 20.3. The van der Waals surface area contributed by atoms with E-state index in [4.69, 9.17) is 25.8 Å². The van der Waals surface area contributed by atoms with Crippen molar-refractivity contribution in [2.45, 2.75) is 6.42 Å². The predicted octanol–water partition coefficient (Wildman–Crippen LogP) is 4.54. The topological polar surface area (TPSA) is 82.9 Å². The zero-order valence-corrected chi connectivity index (χ0v) is 21.1. The second-order valence-corrected chi connectivity index (χ2v) is 8.90. The summed E-state index contributed by atoms with van der Waals surface area (Å²) in [5.41, 5.74) is 2.28. The van der Waals surface area contributed by atoms with Gasteiger partial charge < -0.3 is 29.3 Å². The third-order valence-corrected chi connectivity index (χ3v) is 6.51. The molecule has 2 heterocycles. The first-order valence-corrected chi connectivity index (χ1v) is 11.9. The average Bonchev–Trinajstić information content (AvgIpc) is 2.88. The van der Waals surface area contributed by atoms with Gasteiger partial charge in [0.1, 0.15) is 11.8 Å². The molecule has 4 rings (SSSR count). The molecular formula is C26H30ClN5O3. The molecule has 1 aromatic heterocycles. The van der Waals surface area contributed by atoms with Gasteiger partial charge in [-0.1, -0.05) is 11.6 Å². The molecular weight excluding hydrogens is 466 g/mol. The highest BCUT2D eigenvalue weighted by Gasteiger charge is 2.17. The van der Waals surface area contributed by atoms with Crippen LogP contribution in [-0.2, 0) is 0 Å². The number of nitrogens with one attached hydrogen (secondary N) is 1. The lowest BCUT2D eigenvalue weighted by Gasteiger charge is -2.32. The largest absolute Gasteiger partial charge is 0.497 e. The molecule has 0 spiro atoms. The van der Waals surface area contributed by atoms with E-state index in [9.17, 15) is 5.26 Å². The van der Waals surface area contributed by atoms with Gasteiger partial charge >= 0.3 is 0 Å². The molecule has 8 nitrogen and oxygen atoms in total. The van der Waals surface area contributed by atoms with Gasteiger partial charge in [-0.3, -0.25) is 4.98 Å². The highest BCUT2D eigenvalue weighted by atomic mass is 35.5. The summed E-state index contributed by atoms with van der Waals surface area (Å²) < 4.78 is 17.0. The number of anilines is 2. The Kier molecular flexibility index (Phi) is 8.13. The van der Waals surface area contributed by atoms with Crippen LogP contribution in [0.2, 0.25) is 5.02 Å². The van der Waals surface area contributed by atoms with Crippen molar-refractivity contribution in [3.63, 3.8) is 0 Å². The average molecular weight is 496 g/mol. The molecule has 1 N–H and O–H groups in total. The minimum atomic E-state index is 0.388. The molecule has 0 unspecified atom stereocenters. The lowest BCUT2D eigenvalue weighted by atomic mass is 10.1. The SMILES string of the molecule is COc1ccc(Cl)c(Nc2c(C#N)cnc3cc(OCCCN4CCN(C)CC4)c(OC)cc23)c1. The fraction of sp³-hybridized carbons (Fsp3) is 0.385. The Morgan fingerprint density at radius 3 is 2.60 bits per heavy atom. The molecule has 184 valence electrons. The third kappa shape index (κ3) is 5.88. The first-order chi connectivity index (χ1) is 17.0. The normalized spacial score (nSPS) is 14.5. The number of nitriles is 1. The summed E-state index contributed by atoms with van der Waals surface area (Å²) in [4.78, 5) is 9.30. The Balaban J connectivity index is 1.56. The van der Waals surface area contributed by atoms with Crippen molar-refractivity contribution in [1.29, 1.82) is 5.26 Å². The summed E-state index contributed by atoms with van der Waals surface area (Å²) in [5.74, 6) is 1.85. The maximum atomic E-state index is 9.72. The lowest BCUT2D eigenvalue weighted by molar-refractivity contribution is 0.145. The van der Waals surface area contributed by atoms with E-state index in [0.717, 1.165) is 44.5 Å². The smallest absolute Gasteiger partial charge is 0.163 e. The molecule has 1 aliphatic heterocycles. The fourth-order valence-electron chi connectivity index (χ4n) is 4.10. The summed E-state index contributed by atoms with van der Waals surface area (Å²) in [6.45, 7) is 5.97. The molecule has 1 saturated heterocycles. The molecule has 0 radical (unpaired) electrons. The van der Waals surface area contributed by atoms with Crippen LogP contribution in [0, 0.1) is 11.3 Å². The molecule has 1 fully saturated rings. The minimum Gasteiger partial charge on any atom is -0.497 e. The molecule has 0 atom stereocenters. The predicted molar refractivity (Wildman–Crippen MR) is 138 cm³/mol. The summed E-state index contributed by atoms with van der Waals surface area (Å²) in [5, 5.41) is 14.2. The van der Waals surface area contributed by atoms with Gasteiger partial charge in [-0.15, -0.1) is 0 Å². The van der Waals surface area contributed by atoms with Crippen molar-refractivity contribution >= 4 is 33.9 Å². The monoisotopic (exact) mass is 495 g/mol. The van der Waals surface area contributed by atoms with E-state index in [1.807, 2.05) is 12.1 Å². The van der Waals surface area contributed by atoms with Gasteiger partial charge in [0, 0.05) is 56.4 Å². The van der Waals surface area contributed by atoms with Gasteiger partial charge in [-0.25, -0.2) is 0 Å². The summed E-state index contributed by atoms with van der Waals surface area (Å²) >= 11 is 6.40. The van der Waals surface area contributed by atoms with Crippen LogP contribution in [0.3, 0.4) is 0 Å². The number of likely N-dealkylation sites (N-methyl/N-ethyl adjacent to an activating group) is 1. The highest BCUT2D eigenvalue weighted by molar-refractivity contribution is 6.33. The Morgan fingerprint density at radius 1 is 1.09 bits per heavy atom.